The molecule has 1 aromatic rings. The smallest absolute Gasteiger partial charge is 0.0510 e. The molecule has 1 N–H and O–H groups in total. The van der Waals surface area contributed by atoms with E-state index in [1.54, 1.807) is 0 Å². The van der Waals surface area contributed by atoms with E-state index in [1.807, 2.05) is 6.07 Å². The summed E-state index contributed by atoms with van der Waals surface area (Å²) in [5, 5.41) is 6.80. The lowest BCUT2D eigenvalue weighted by Gasteiger charge is -2.00. The fourth-order valence-electron chi connectivity index (χ4n) is 1.56. The summed E-state index contributed by atoms with van der Waals surface area (Å²) in [4.78, 5) is 2.73. The van der Waals surface area contributed by atoms with E-state index in [9.17, 15) is 0 Å². The van der Waals surface area contributed by atoms with Gasteiger partial charge in [-0.15, -0.1) is 0 Å². The lowest BCUT2D eigenvalue weighted by atomic mass is 10.1. The predicted octanol–water partition coefficient (Wildman–Crippen LogP) is 2.10. The van der Waals surface area contributed by atoms with Crippen LogP contribution in [0.3, 0.4) is 0 Å². The van der Waals surface area contributed by atoms with Gasteiger partial charge in [0.1, 0.15) is 0 Å². The fraction of sp³-hybridized carbons (Fsp3) is 0.333. The molecule has 0 aromatic heterocycles. The van der Waals surface area contributed by atoms with Crippen molar-refractivity contribution in [1.82, 2.24) is 5.32 Å². The summed E-state index contributed by atoms with van der Waals surface area (Å²) in [5.74, 6) is 0. The fourth-order valence-corrected chi connectivity index (χ4v) is 1.56. The van der Waals surface area contributed by atoms with E-state index in [-0.39, 0.29) is 0 Å². The average Bonchev–Trinajstić information content (AvgIpc) is 2.61. The van der Waals surface area contributed by atoms with E-state index in [1.165, 1.54) is 11.1 Å². The molecule has 1 aromatic carbocycles. The summed E-state index contributed by atoms with van der Waals surface area (Å²) in [6.45, 7) is 2.33. The number of hydrogen-bond donors (Lipinski definition) is 1. The standard InChI is InChI=1S/C9H10N4/c10-13-12-4-7-1-2-8-5-11-6-9(8)3-7/h1-3,11H,4-6H2. The van der Waals surface area contributed by atoms with Crippen LogP contribution >= 0.6 is 0 Å². The van der Waals surface area contributed by atoms with Gasteiger partial charge in [0, 0.05) is 18.0 Å². The molecule has 66 valence electrons. The number of nitrogens with zero attached hydrogens (tertiary/aromatic N) is 3. The molecule has 1 aliphatic heterocycles. The summed E-state index contributed by atoms with van der Waals surface area (Å²) in [6, 6.07) is 6.21. The van der Waals surface area contributed by atoms with Gasteiger partial charge in [0.2, 0.25) is 0 Å². The first-order valence-electron chi connectivity index (χ1n) is 4.22. The van der Waals surface area contributed by atoms with Crippen molar-refractivity contribution in [1.29, 1.82) is 0 Å². The second-order valence-corrected chi connectivity index (χ2v) is 3.10. The van der Waals surface area contributed by atoms with Gasteiger partial charge in [-0.2, -0.15) is 0 Å². The maximum atomic E-state index is 8.17. The minimum absolute atomic E-state index is 0.448. The molecule has 0 amide bonds. The van der Waals surface area contributed by atoms with Crippen molar-refractivity contribution in [3.8, 4) is 0 Å². The van der Waals surface area contributed by atoms with E-state index in [0.29, 0.717) is 6.54 Å². The molecule has 0 atom stereocenters. The zero-order valence-corrected chi connectivity index (χ0v) is 7.20. The maximum Gasteiger partial charge on any atom is 0.0510 e. The Morgan fingerprint density at radius 3 is 3.08 bits per heavy atom. The van der Waals surface area contributed by atoms with Gasteiger partial charge in [0.15, 0.2) is 0 Å². The SMILES string of the molecule is [N-]=[N+]=NCc1ccc2c(c1)CNC2. The Morgan fingerprint density at radius 2 is 2.23 bits per heavy atom. The Labute approximate surface area is 76.2 Å². The highest BCUT2D eigenvalue weighted by molar-refractivity contribution is 5.34. The largest absolute Gasteiger partial charge is 0.309 e. The van der Waals surface area contributed by atoms with Crippen molar-refractivity contribution in [2.45, 2.75) is 19.6 Å². The van der Waals surface area contributed by atoms with Crippen LogP contribution in [-0.4, -0.2) is 0 Å². The second kappa shape index (κ2) is 3.47. The van der Waals surface area contributed by atoms with Crippen molar-refractivity contribution >= 4 is 0 Å². The highest BCUT2D eigenvalue weighted by atomic mass is 15.1. The van der Waals surface area contributed by atoms with Crippen molar-refractivity contribution in [2.24, 2.45) is 5.11 Å². The third kappa shape index (κ3) is 1.64. The molecule has 13 heavy (non-hydrogen) atoms. The Morgan fingerprint density at radius 1 is 1.38 bits per heavy atom. The molecule has 0 fully saturated rings. The average molecular weight is 174 g/mol. The molecule has 0 bridgehead atoms. The normalized spacial score (nSPS) is 13.5. The molecule has 1 heterocycles. The van der Waals surface area contributed by atoms with Gasteiger partial charge in [-0.3, -0.25) is 0 Å². The van der Waals surface area contributed by atoms with Crippen LogP contribution in [0.4, 0.5) is 0 Å². The number of azide groups is 1. The highest BCUT2D eigenvalue weighted by Gasteiger charge is 2.09. The van der Waals surface area contributed by atoms with E-state index >= 15 is 0 Å². The quantitative estimate of drug-likeness (QED) is 0.416. The molecule has 0 saturated carbocycles. The molecule has 0 saturated heterocycles. The summed E-state index contributed by atoms with van der Waals surface area (Å²) >= 11 is 0. The van der Waals surface area contributed by atoms with Crippen molar-refractivity contribution in [3.63, 3.8) is 0 Å². The van der Waals surface area contributed by atoms with Gasteiger partial charge in [-0.05, 0) is 22.2 Å². The van der Waals surface area contributed by atoms with Crippen LogP contribution in [0.1, 0.15) is 16.7 Å². The molecule has 0 radical (unpaired) electrons. The van der Waals surface area contributed by atoms with Crippen LogP contribution in [0.25, 0.3) is 10.4 Å². The molecule has 0 unspecified atom stereocenters. The molecular formula is C9H10N4. The van der Waals surface area contributed by atoms with Crippen LogP contribution in [-0.2, 0) is 19.6 Å². The van der Waals surface area contributed by atoms with Gasteiger partial charge < -0.3 is 5.32 Å². The monoisotopic (exact) mass is 174 g/mol. The van der Waals surface area contributed by atoms with E-state index in [4.69, 9.17) is 5.53 Å². The van der Waals surface area contributed by atoms with Gasteiger partial charge in [0.05, 0.1) is 6.54 Å². The molecule has 0 aliphatic carbocycles. The molecule has 4 nitrogen and oxygen atoms in total. The van der Waals surface area contributed by atoms with Gasteiger partial charge >= 0.3 is 0 Å². The van der Waals surface area contributed by atoms with E-state index in [2.05, 4.69) is 27.5 Å². The third-order valence-electron chi connectivity index (χ3n) is 2.22. The molecule has 0 spiro atoms. The molecule has 2 rings (SSSR count). The topological polar surface area (TPSA) is 60.8 Å². The Balaban J connectivity index is 2.25. The first-order valence-corrected chi connectivity index (χ1v) is 4.22. The summed E-state index contributed by atoms with van der Waals surface area (Å²) < 4.78 is 0. The first kappa shape index (κ1) is 8.10. The number of benzene rings is 1. The minimum Gasteiger partial charge on any atom is -0.309 e. The van der Waals surface area contributed by atoms with Crippen LogP contribution in [0, 0.1) is 0 Å². The van der Waals surface area contributed by atoms with Crippen molar-refractivity contribution in [2.75, 3.05) is 0 Å². The van der Waals surface area contributed by atoms with Gasteiger partial charge in [-0.25, -0.2) is 0 Å². The summed E-state index contributed by atoms with van der Waals surface area (Å²) in [6.07, 6.45) is 0. The minimum atomic E-state index is 0.448. The maximum absolute atomic E-state index is 8.17. The second-order valence-electron chi connectivity index (χ2n) is 3.10. The van der Waals surface area contributed by atoms with Crippen molar-refractivity contribution in [3.05, 3.63) is 45.3 Å². The van der Waals surface area contributed by atoms with Crippen LogP contribution in [0.2, 0.25) is 0 Å². The summed E-state index contributed by atoms with van der Waals surface area (Å²) in [5.41, 5.74) is 11.9. The molecule has 1 aliphatic rings. The molecule has 4 heteroatoms. The zero-order valence-electron chi connectivity index (χ0n) is 7.20. The highest BCUT2D eigenvalue weighted by Crippen LogP contribution is 2.17. The Kier molecular flexibility index (Phi) is 2.17. The van der Waals surface area contributed by atoms with E-state index in [0.717, 1.165) is 18.7 Å². The first-order chi connectivity index (χ1) is 6.40. The van der Waals surface area contributed by atoms with Crippen LogP contribution < -0.4 is 5.32 Å². The van der Waals surface area contributed by atoms with Crippen molar-refractivity contribution < 1.29 is 0 Å². The third-order valence-corrected chi connectivity index (χ3v) is 2.22. The molecular weight excluding hydrogens is 164 g/mol. The Hall–Kier alpha value is -1.51. The van der Waals surface area contributed by atoms with Crippen LogP contribution in [0.5, 0.6) is 0 Å². The van der Waals surface area contributed by atoms with Gasteiger partial charge in [0.25, 0.3) is 0 Å². The lowest BCUT2D eigenvalue weighted by molar-refractivity contribution is 0.764. The Bertz CT molecular complexity index is 366. The number of nitrogens with one attached hydrogen (secondary N) is 1. The van der Waals surface area contributed by atoms with Crippen LogP contribution in [0.15, 0.2) is 23.3 Å². The van der Waals surface area contributed by atoms with E-state index < -0.39 is 0 Å². The van der Waals surface area contributed by atoms with Gasteiger partial charge in [-0.1, -0.05) is 23.3 Å². The number of rotatable bonds is 2. The zero-order chi connectivity index (χ0) is 9.10. The summed E-state index contributed by atoms with van der Waals surface area (Å²) in [7, 11) is 0. The lowest BCUT2D eigenvalue weighted by Crippen LogP contribution is -1.99. The number of hydrogen-bond acceptors (Lipinski definition) is 2. The predicted molar refractivity (Wildman–Crippen MR) is 49.8 cm³/mol. The number of fused-ring (bicyclic) bond motifs is 1.